The summed E-state index contributed by atoms with van der Waals surface area (Å²) in [6.07, 6.45) is 26.9. The Morgan fingerprint density at radius 1 is 0.692 bits per heavy atom. The first-order valence-electron chi connectivity index (χ1n) is 10.9. The molecule has 1 aromatic rings. The third kappa shape index (κ3) is 13.3. The second-order valence-corrected chi connectivity index (χ2v) is 9.70. The number of unbranched alkanes of at least 4 members (excludes halogenated alkanes) is 9. The minimum absolute atomic E-state index is 0.0670. The second kappa shape index (κ2) is 17.5. The van der Waals surface area contributed by atoms with Gasteiger partial charge >= 0.3 is 0 Å². The maximum atomic E-state index is 2.43. The summed E-state index contributed by atoms with van der Waals surface area (Å²) in [4.78, 5) is 0. The molecule has 0 N–H and O–H groups in total. The molecule has 0 aromatic heterocycles. The number of benzene rings is 1. The Morgan fingerprint density at radius 3 is 1.92 bits per heavy atom. The summed E-state index contributed by atoms with van der Waals surface area (Å²) in [5, 5.41) is 1.56. The highest BCUT2D eigenvalue weighted by atomic mass is 31.1. The minimum Gasteiger partial charge on any atom is -0.0882 e. The number of allylic oxidation sites excluding steroid dienone is 4. The van der Waals surface area contributed by atoms with Gasteiger partial charge in [0, 0.05) is 0 Å². The van der Waals surface area contributed by atoms with Crippen molar-refractivity contribution in [2.24, 2.45) is 0 Å². The van der Waals surface area contributed by atoms with Gasteiger partial charge in [-0.15, -0.1) is 0 Å². The molecule has 0 aliphatic heterocycles. The van der Waals surface area contributed by atoms with Crippen LogP contribution in [0.25, 0.3) is 0 Å². The zero-order valence-electron chi connectivity index (χ0n) is 17.3. The monoisotopic (exact) mass is 372 g/mol. The van der Waals surface area contributed by atoms with Gasteiger partial charge in [0.15, 0.2) is 0 Å². The maximum Gasteiger partial charge on any atom is -0.0169 e. The van der Waals surface area contributed by atoms with Crippen molar-refractivity contribution in [3.8, 4) is 0 Å². The summed E-state index contributed by atoms with van der Waals surface area (Å²) in [5.41, 5.74) is 0. The van der Waals surface area contributed by atoms with E-state index < -0.39 is 0 Å². The molecule has 0 aliphatic rings. The zero-order chi connectivity index (χ0) is 18.7. The molecule has 26 heavy (non-hydrogen) atoms. The van der Waals surface area contributed by atoms with Gasteiger partial charge in [0.1, 0.15) is 0 Å². The van der Waals surface area contributed by atoms with E-state index in [1.165, 1.54) is 76.8 Å². The molecule has 0 nitrogen and oxygen atoms in total. The van der Waals surface area contributed by atoms with E-state index in [1.807, 2.05) is 0 Å². The van der Waals surface area contributed by atoms with Crippen LogP contribution in [0, 0.1) is 0 Å². The van der Waals surface area contributed by atoms with Gasteiger partial charge in [-0.2, -0.15) is 0 Å². The van der Waals surface area contributed by atoms with E-state index >= 15 is 0 Å². The van der Waals surface area contributed by atoms with Crippen molar-refractivity contribution in [2.45, 2.75) is 84.0 Å². The van der Waals surface area contributed by atoms with Gasteiger partial charge in [0.25, 0.3) is 0 Å². The van der Waals surface area contributed by atoms with E-state index in [0.29, 0.717) is 0 Å². The van der Waals surface area contributed by atoms with E-state index in [-0.39, 0.29) is 7.92 Å². The van der Waals surface area contributed by atoms with Crippen molar-refractivity contribution in [3.05, 3.63) is 54.6 Å². The van der Waals surface area contributed by atoms with Gasteiger partial charge in [-0.05, 0) is 56.7 Å². The van der Waals surface area contributed by atoms with Crippen molar-refractivity contribution in [1.29, 1.82) is 0 Å². The van der Waals surface area contributed by atoms with Crippen LogP contribution in [-0.2, 0) is 0 Å². The second-order valence-electron chi connectivity index (χ2n) is 7.34. The van der Waals surface area contributed by atoms with Crippen LogP contribution in [0.1, 0.15) is 84.0 Å². The summed E-state index contributed by atoms with van der Waals surface area (Å²) in [5.74, 6) is 0. The first-order chi connectivity index (χ1) is 12.8. The summed E-state index contributed by atoms with van der Waals surface area (Å²) in [6.45, 7) is 4.69. The van der Waals surface area contributed by atoms with Crippen LogP contribution in [-0.4, -0.2) is 12.8 Å². The van der Waals surface area contributed by atoms with Crippen molar-refractivity contribution in [3.63, 3.8) is 0 Å². The number of hydrogen-bond acceptors (Lipinski definition) is 0. The average molecular weight is 373 g/mol. The highest BCUT2D eigenvalue weighted by Gasteiger charge is 2.03. The van der Waals surface area contributed by atoms with Gasteiger partial charge in [-0.1, -0.05) is 108 Å². The molecular weight excluding hydrogens is 331 g/mol. The van der Waals surface area contributed by atoms with E-state index in [2.05, 4.69) is 68.2 Å². The Labute approximate surface area is 164 Å². The standard InChI is InChI=1S/C25H41P/c1-3-4-5-6-7-8-9-10-11-12-13-14-15-16-17-21-24-26(2)25-22-19-18-20-23-25/h7-8,10-11,18-20,22-23H,3-6,9,12-17,21,24H2,1-2H3/b8-7-,11-10-. The van der Waals surface area contributed by atoms with Crippen molar-refractivity contribution >= 4 is 13.2 Å². The van der Waals surface area contributed by atoms with Crippen LogP contribution in [0.4, 0.5) is 0 Å². The number of rotatable bonds is 16. The quantitative estimate of drug-likeness (QED) is 0.156. The van der Waals surface area contributed by atoms with E-state index in [4.69, 9.17) is 0 Å². The summed E-state index contributed by atoms with van der Waals surface area (Å²) < 4.78 is 0. The molecule has 0 saturated heterocycles. The van der Waals surface area contributed by atoms with Crippen LogP contribution in [0.5, 0.6) is 0 Å². The predicted molar refractivity (Wildman–Crippen MR) is 123 cm³/mol. The fraction of sp³-hybridized carbons (Fsp3) is 0.600. The van der Waals surface area contributed by atoms with Gasteiger partial charge in [-0.25, -0.2) is 0 Å². The topological polar surface area (TPSA) is 0 Å². The first-order valence-corrected chi connectivity index (χ1v) is 12.9. The van der Waals surface area contributed by atoms with Crippen molar-refractivity contribution < 1.29 is 0 Å². The molecule has 0 saturated carbocycles. The summed E-state index contributed by atoms with van der Waals surface area (Å²) >= 11 is 0. The highest BCUT2D eigenvalue weighted by Crippen LogP contribution is 2.30. The van der Waals surface area contributed by atoms with E-state index in [9.17, 15) is 0 Å². The Hall–Kier alpha value is -0.870. The molecule has 0 aliphatic carbocycles. The van der Waals surface area contributed by atoms with Crippen LogP contribution < -0.4 is 5.30 Å². The van der Waals surface area contributed by atoms with Crippen molar-refractivity contribution in [2.75, 3.05) is 12.8 Å². The Bertz CT molecular complexity index is 460. The third-order valence-electron chi connectivity index (χ3n) is 4.89. The van der Waals surface area contributed by atoms with Gasteiger partial charge in [-0.3, -0.25) is 0 Å². The van der Waals surface area contributed by atoms with Gasteiger partial charge in [0.05, 0.1) is 0 Å². The highest BCUT2D eigenvalue weighted by molar-refractivity contribution is 7.64. The fourth-order valence-corrected chi connectivity index (χ4v) is 4.79. The number of hydrogen-bond donors (Lipinski definition) is 0. The van der Waals surface area contributed by atoms with Crippen LogP contribution in [0.3, 0.4) is 0 Å². The lowest BCUT2D eigenvalue weighted by atomic mass is 10.1. The Morgan fingerprint density at radius 2 is 1.27 bits per heavy atom. The molecule has 0 amide bonds. The lowest BCUT2D eigenvalue weighted by molar-refractivity contribution is 0.612. The Balaban J connectivity index is 1.85. The molecule has 0 fully saturated rings. The third-order valence-corrected chi connectivity index (χ3v) is 7.06. The summed E-state index contributed by atoms with van der Waals surface area (Å²) in [7, 11) is 0.0670. The Kier molecular flexibility index (Phi) is 15.6. The minimum atomic E-state index is 0.0670. The van der Waals surface area contributed by atoms with E-state index in [1.54, 1.807) is 5.30 Å². The predicted octanol–water partition coefficient (Wildman–Crippen LogP) is 8.24. The SMILES string of the molecule is CCCCC/C=C\C/C=C\CCCCCCCCP(C)c1ccccc1. The average Bonchev–Trinajstić information content (AvgIpc) is 2.68. The molecule has 0 heterocycles. The van der Waals surface area contributed by atoms with Crippen LogP contribution in [0.15, 0.2) is 54.6 Å². The lowest BCUT2D eigenvalue weighted by Gasteiger charge is -2.12. The molecule has 0 radical (unpaired) electrons. The maximum absolute atomic E-state index is 2.43. The molecule has 0 bridgehead atoms. The lowest BCUT2D eigenvalue weighted by Crippen LogP contribution is -2.01. The van der Waals surface area contributed by atoms with Gasteiger partial charge in [0.2, 0.25) is 0 Å². The molecular formula is C25H41P. The smallest absolute Gasteiger partial charge is 0.0169 e. The molecule has 146 valence electrons. The molecule has 1 rings (SSSR count). The normalized spacial score (nSPS) is 13.0. The zero-order valence-corrected chi connectivity index (χ0v) is 18.2. The van der Waals surface area contributed by atoms with Crippen LogP contribution in [0.2, 0.25) is 0 Å². The largest absolute Gasteiger partial charge is 0.0882 e. The molecule has 0 spiro atoms. The van der Waals surface area contributed by atoms with Crippen LogP contribution >= 0.6 is 7.92 Å². The molecule has 1 aromatic carbocycles. The van der Waals surface area contributed by atoms with E-state index in [0.717, 1.165) is 6.42 Å². The summed E-state index contributed by atoms with van der Waals surface area (Å²) in [6, 6.07) is 11.1. The fourth-order valence-electron chi connectivity index (χ4n) is 3.15. The van der Waals surface area contributed by atoms with Gasteiger partial charge < -0.3 is 0 Å². The molecule has 1 unspecified atom stereocenters. The van der Waals surface area contributed by atoms with Crippen molar-refractivity contribution in [1.82, 2.24) is 0 Å². The first kappa shape index (κ1) is 23.2. The molecule has 1 heteroatoms. The molecule has 1 atom stereocenters.